The van der Waals surface area contributed by atoms with Crippen molar-refractivity contribution in [1.82, 2.24) is 0 Å². The molecule has 0 unspecified atom stereocenters. The largest absolute Gasteiger partial charge is 0.0622 e. The van der Waals surface area contributed by atoms with Gasteiger partial charge in [0, 0.05) is 0 Å². The molecule has 656 valence electrons. The molecule has 0 N–H and O–H groups in total. The van der Waals surface area contributed by atoms with Gasteiger partial charge in [0.05, 0.1) is 0 Å². The van der Waals surface area contributed by atoms with Crippen molar-refractivity contribution < 1.29 is 0 Å². The fourth-order valence-corrected chi connectivity index (χ4v) is 21.2. The Bertz CT molecular complexity index is 7880. The second-order valence-electron chi connectivity index (χ2n) is 39.5. The second-order valence-corrected chi connectivity index (χ2v) is 39.5. The van der Waals surface area contributed by atoms with E-state index in [1.165, 1.54) is 265 Å². The van der Waals surface area contributed by atoms with Crippen molar-refractivity contribution in [2.45, 2.75) is 66.2 Å². The zero-order valence-electron chi connectivity index (χ0n) is 79.2. The first-order chi connectivity index (χ1) is 67.5. The van der Waals surface area contributed by atoms with Gasteiger partial charge in [-0.05, 0) is 376 Å². The molecule has 0 bridgehead atoms. The van der Waals surface area contributed by atoms with E-state index < -0.39 is 0 Å². The normalized spacial score (nSPS) is 11.8. The maximum absolute atomic E-state index is 2.48. The zero-order valence-corrected chi connectivity index (χ0v) is 79.2. The van der Waals surface area contributed by atoms with Crippen molar-refractivity contribution in [2.75, 3.05) is 0 Å². The first-order valence-corrected chi connectivity index (χ1v) is 48.5. The Balaban J connectivity index is 0.000000155. The molecule has 0 saturated carbocycles. The van der Waals surface area contributed by atoms with Crippen LogP contribution in [0, 0.1) is 13.8 Å². The van der Waals surface area contributed by atoms with Crippen LogP contribution in [0.4, 0.5) is 0 Å². The number of hydrogen-bond donors (Lipinski definition) is 0. The quantitative estimate of drug-likeness (QED) is 0.0846. The van der Waals surface area contributed by atoms with Crippen LogP contribution in [-0.2, 0) is 10.8 Å². The van der Waals surface area contributed by atoms with E-state index >= 15 is 0 Å². The summed E-state index contributed by atoms with van der Waals surface area (Å²) in [4.78, 5) is 0. The van der Waals surface area contributed by atoms with E-state index in [2.05, 4.69) is 541 Å². The standard InChI is InChI=1S/C72H58.C66H46/c1-71(2,3)59-31-27-51(28-32-59)65-45-67(57-41-53(47-19-11-7-12-20-47)39-54(42-57)48-21-13-8-14-22-48)63-38-36-62-66(52-29-33-60(34-30-52)72(4,5)6)46-68(64-37-35-61(65)69(63)70(62)64)58-43-55(49-23-15-9-16-24-49)40-56(44-58)50-25-17-10-18-26-50;1-43-23-27-49(28-24-43)61-41-63(55-37-51(45-15-7-3-8-16-45)35-52(38-55)46-17-9-4-10-18-46)59-34-32-58-62(50-29-25-44(2)26-30-50)42-64(60-33-31-57(61)65(59)66(58)60)56-39-53(47-19-11-5-12-20-47)36-54(40-56)48-21-13-6-14-22-48/h7-46H,1-6H3;3-42H,1-2H3. The maximum Gasteiger partial charge on any atom is -0.00139 e. The summed E-state index contributed by atoms with van der Waals surface area (Å²) in [5.74, 6) is 0. The number of benzene rings is 24. The molecule has 0 saturated heterocycles. The lowest BCUT2D eigenvalue weighted by molar-refractivity contribution is 0.590. The fraction of sp³-hybridized carbons (Fsp3) is 0.0725. The Hall–Kier alpha value is -16.6. The summed E-state index contributed by atoms with van der Waals surface area (Å²) >= 11 is 0. The van der Waals surface area contributed by atoms with Gasteiger partial charge in [0.25, 0.3) is 0 Å². The molecule has 0 atom stereocenters. The molecule has 0 aromatic heterocycles. The first-order valence-electron chi connectivity index (χ1n) is 48.5. The van der Waals surface area contributed by atoms with Crippen molar-refractivity contribution in [3.63, 3.8) is 0 Å². The fourth-order valence-electron chi connectivity index (χ4n) is 21.2. The van der Waals surface area contributed by atoms with Crippen LogP contribution in [0.3, 0.4) is 0 Å². The molecule has 0 aliphatic rings. The zero-order chi connectivity index (χ0) is 93.3. The molecule has 0 spiro atoms. The molecular formula is C138H104. The van der Waals surface area contributed by atoms with Gasteiger partial charge in [-0.25, -0.2) is 0 Å². The van der Waals surface area contributed by atoms with Gasteiger partial charge in [-0.15, -0.1) is 0 Å². The van der Waals surface area contributed by atoms with Gasteiger partial charge in [-0.2, -0.15) is 0 Å². The molecule has 0 heteroatoms. The van der Waals surface area contributed by atoms with Crippen molar-refractivity contribution in [1.29, 1.82) is 0 Å². The van der Waals surface area contributed by atoms with Crippen LogP contribution >= 0.6 is 0 Å². The molecule has 0 fully saturated rings. The Morgan fingerprint density at radius 1 is 0.116 bits per heavy atom. The van der Waals surface area contributed by atoms with Crippen LogP contribution in [0.25, 0.3) is 243 Å². The average Bonchev–Trinajstić information content (AvgIpc) is 0.707. The Morgan fingerprint density at radius 2 is 0.254 bits per heavy atom. The maximum atomic E-state index is 2.48. The van der Waals surface area contributed by atoms with Gasteiger partial charge >= 0.3 is 0 Å². The Morgan fingerprint density at radius 3 is 0.406 bits per heavy atom. The van der Waals surface area contributed by atoms with Crippen LogP contribution in [0.5, 0.6) is 0 Å². The van der Waals surface area contributed by atoms with E-state index in [9.17, 15) is 0 Å². The summed E-state index contributed by atoms with van der Waals surface area (Å²) in [5, 5.41) is 15.2. The lowest BCUT2D eigenvalue weighted by atomic mass is 9.80. The van der Waals surface area contributed by atoms with Crippen LogP contribution < -0.4 is 0 Å². The predicted octanol–water partition coefficient (Wildman–Crippen LogP) is 39.1. The molecule has 24 aromatic carbocycles. The summed E-state index contributed by atoms with van der Waals surface area (Å²) in [6.07, 6.45) is 0. The van der Waals surface area contributed by atoms with Gasteiger partial charge in [0.2, 0.25) is 0 Å². The summed E-state index contributed by atoms with van der Waals surface area (Å²) in [7, 11) is 0. The number of hydrogen-bond acceptors (Lipinski definition) is 0. The van der Waals surface area contributed by atoms with Crippen LogP contribution in [0.15, 0.2) is 485 Å². The third kappa shape index (κ3) is 16.4. The predicted molar refractivity (Wildman–Crippen MR) is 594 cm³/mol. The van der Waals surface area contributed by atoms with Gasteiger partial charge < -0.3 is 0 Å². The van der Waals surface area contributed by atoms with Gasteiger partial charge in [-0.1, -0.05) is 441 Å². The molecule has 0 nitrogen and oxygen atoms in total. The van der Waals surface area contributed by atoms with Gasteiger partial charge in [0.1, 0.15) is 0 Å². The molecule has 0 aliphatic carbocycles. The highest BCUT2D eigenvalue weighted by molar-refractivity contribution is 6.34. The SMILES string of the molecule is CC(C)(C)c1ccc(-c2cc(-c3cc(-c4ccccc4)cc(-c4ccccc4)c3)c3ccc4c(-c5ccc(C(C)(C)C)cc5)cc(-c5cc(-c6ccccc6)cc(-c6ccccc6)c5)c5ccc2c3c45)cc1.Cc1ccc(-c2cc(-c3cc(-c4ccccc4)cc(-c4ccccc4)c3)c3ccc4c(-c5ccc(C)cc5)cc(-c5cc(-c6ccccc6)cc(-c6ccccc6)c5)c5ccc2c3c45)cc1. The van der Waals surface area contributed by atoms with E-state index in [-0.39, 0.29) is 10.8 Å². The van der Waals surface area contributed by atoms with E-state index in [0.717, 1.165) is 0 Å². The van der Waals surface area contributed by atoms with Crippen molar-refractivity contribution in [3.8, 4) is 178 Å². The molecule has 0 amide bonds. The molecule has 0 heterocycles. The van der Waals surface area contributed by atoms with E-state index in [4.69, 9.17) is 0 Å². The minimum atomic E-state index is 0.0359. The molecule has 24 rings (SSSR count). The lowest BCUT2D eigenvalue weighted by Gasteiger charge is -2.23. The van der Waals surface area contributed by atoms with Gasteiger partial charge in [0.15, 0.2) is 0 Å². The first kappa shape index (κ1) is 85.5. The molecule has 0 aliphatic heterocycles. The summed E-state index contributed by atoms with van der Waals surface area (Å²) in [5.41, 5.74) is 43.9. The summed E-state index contributed by atoms with van der Waals surface area (Å²) in [6, 6.07) is 181. The Labute approximate surface area is 810 Å². The van der Waals surface area contributed by atoms with Crippen LogP contribution in [-0.4, -0.2) is 0 Å². The van der Waals surface area contributed by atoms with Crippen molar-refractivity contribution in [2.24, 2.45) is 0 Å². The molecule has 138 heavy (non-hydrogen) atoms. The third-order valence-corrected chi connectivity index (χ3v) is 28.5. The molecule has 0 radical (unpaired) electrons. The minimum Gasteiger partial charge on any atom is -0.0622 e. The average molecular weight is 1760 g/mol. The minimum absolute atomic E-state index is 0.0359. The van der Waals surface area contributed by atoms with E-state index in [0.29, 0.717) is 0 Å². The molecule has 24 aromatic rings. The smallest absolute Gasteiger partial charge is 0.00139 e. The van der Waals surface area contributed by atoms with Gasteiger partial charge in [-0.3, -0.25) is 0 Å². The van der Waals surface area contributed by atoms with E-state index in [1.54, 1.807) is 0 Å². The van der Waals surface area contributed by atoms with Crippen molar-refractivity contribution >= 4 is 64.6 Å². The molecular weight excluding hydrogens is 1660 g/mol. The highest BCUT2D eigenvalue weighted by atomic mass is 14.3. The highest BCUT2D eigenvalue weighted by Gasteiger charge is 2.28. The Kier molecular flexibility index (Phi) is 22.1. The third-order valence-electron chi connectivity index (χ3n) is 28.5. The number of rotatable bonds is 16. The lowest BCUT2D eigenvalue weighted by Crippen LogP contribution is -2.10. The highest BCUT2D eigenvalue weighted by Crippen LogP contribution is 2.54. The summed E-state index contributed by atoms with van der Waals surface area (Å²) in [6.45, 7) is 18.1. The topological polar surface area (TPSA) is 0 Å². The van der Waals surface area contributed by atoms with Crippen molar-refractivity contribution in [3.05, 3.63) is 508 Å². The monoisotopic (exact) mass is 1760 g/mol. The summed E-state index contributed by atoms with van der Waals surface area (Å²) < 4.78 is 0. The second kappa shape index (κ2) is 35.6. The van der Waals surface area contributed by atoms with Crippen LogP contribution in [0.1, 0.15) is 63.8 Å². The van der Waals surface area contributed by atoms with Crippen LogP contribution in [0.2, 0.25) is 0 Å². The van der Waals surface area contributed by atoms with E-state index in [1.807, 2.05) is 0 Å². The number of aryl methyl sites for hydroxylation is 2.